The third-order valence-electron chi connectivity index (χ3n) is 3.35. The van der Waals surface area contributed by atoms with E-state index in [4.69, 9.17) is 20.3 Å². The van der Waals surface area contributed by atoms with Gasteiger partial charge in [0.1, 0.15) is 12.5 Å². The average Bonchev–Trinajstić information content (AvgIpc) is 2.66. The van der Waals surface area contributed by atoms with E-state index in [0.29, 0.717) is 0 Å². The van der Waals surface area contributed by atoms with E-state index in [1.807, 2.05) is 0 Å². The molecule has 1 aromatic rings. The van der Waals surface area contributed by atoms with Crippen molar-refractivity contribution in [2.75, 3.05) is 19.0 Å². The second-order valence-corrected chi connectivity index (χ2v) is 6.29. The van der Waals surface area contributed by atoms with Gasteiger partial charge in [-0.05, 0) is 6.07 Å². The molecule has 0 saturated carbocycles. The van der Waals surface area contributed by atoms with E-state index in [-0.39, 0.29) is 10.4 Å². The van der Waals surface area contributed by atoms with Gasteiger partial charge in [-0.2, -0.15) is 13.8 Å². The smallest absolute Gasteiger partial charge is 0.383 e. The Labute approximate surface area is 131 Å². The molecule has 0 radical (unpaired) electrons. The van der Waals surface area contributed by atoms with Crippen molar-refractivity contribution in [3.8, 4) is 0 Å². The number of phosphoric acid groups is 1. The highest BCUT2D eigenvalue weighted by atomic mass is 31.2. The second kappa shape index (κ2) is 6.10. The van der Waals surface area contributed by atoms with E-state index in [1.165, 1.54) is 0 Å². The molecule has 0 bridgehead atoms. The van der Waals surface area contributed by atoms with Crippen LogP contribution in [0.5, 0.6) is 0 Å². The van der Waals surface area contributed by atoms with Gasteiger partial charge in [-0.1, -0.05) is 0 Å². The quantitative estimate of drug-likeness (QED) is 0.482. The van der Waals surface area contributed by atoms with Crippen molar-refractivity contribution in [3.63, 3.8) is 0 Å². The van der Waals surface area contributed by atoms with E-state index in [2.05, 4.69) is 9.51 Å². The molecule has 2 heterocycles. The number of rotatable bonds is 5. The van der Waals surface area contributed by atoms with Gasteiger partial charge >= 0.3 is 19.4 Å². The molecule has 1 aromatic heterocycles. The summed E-state index contributed by atoms with van der Waals surface area (Å²) < 4.78 is 61.6. The lowest BCUT2D eigenvalue weighted by atomic mass is 9.97. The number of nitrogens with two attached hydrogens (primary N) is 1. The van der Waals surface area contributed by atoms with Crippen molar-refractivity contribution < 1.29 is 41.9 Å². The van der Waals surface area contributed by atoms with Crippen molar-refractivity contribution in [2.45, 2.75) is 23.9 Å². The first-order chi connectivity index (χ1) is 10.9. The minimum atomic E-state index is -5.15. The number of anilines is 1. The SMILES string of the molecule is Nc1ccn([C@@H]2O[C@](CF)(COP(=O)(O)O)[C@@H](O)C2(F)F)c(=O)n1. The fraction of sp³-hybridized carbons (Fsp3) is 0.600. The van der Waals surface area contributed by atoms with E-state index in [0.717, 1.165) is 12.3 Å². The molecule has 14 heteroatoms. The summed E-state index contributed by atoms with van der Waals surface area (Å²) in [6.45, 7) is -3.14. The Bertz CT molecular complexity index is 726. The number of aliphatic hydroxyl groups excluding tert-OH is 1. The van der Waals surface area contributed by atoms with Crippen molar-refractivity contribution in [2.24, 2.45) is 0 Å². The molecule has 5 N–H and O–H groups in total. The molecule has 10 nitrogen and oxygen atoms in total. The van der Waals surface area contributed by atoms with E-state index in [1.54, 1.807) is 0 Å². The number of nitrogens with zero attached hydrogens (tertiary/aromatic N) is 2. The number of phosphoric ester groups is 1. The molecule has 0 unspecified atom stereocenters. The molecule has 1 aliphatic rings. The summed E-state index contributed by atoms with van der Waals surface area (Å²) in [7, 11) is -5.15. The van der Waals surface area contributed by atoms with Crippen LogP contribution in [0.4, 0.5) is 19.0 Å². The maximum absolute atomic E-state index is 14.3. The van der Waals surface area contributed by atoms with Crippen LogP contribution in [0.25, 0.3) is 0 Å². The van der Waals surface area contributed by atoms with Crippen LogP contribution in [0, 0.1) is 0 Å². The fourth-order valence-corrected chi connectivity index (χ4v) is 2.53. The van der Waals surface area contributed by atoms with Crippen LogP contribution in [-0.4, -0.2) is 55.4 Å². The summed E-state index contributed by atoms with van der Waals surface area (Å²) >= 11 is 0. The molecule has 136 valence electrons. The number of aliphatic hydroxyl groups is 1. The number of halogens is 3. The van der Waals surface area contributed by atoms with Gasteiger partial charge in [-0.3, -0.25) is 9.09 Å². The van der Waals surface area contributed by atoms with Gasteiger partial charge in [-0.15, -0.1) is 0 Å². The Morgan fingerprint density at radius 3 is 2.62 bits per heavy atom. The van der Waals surface area contributed by atoms with Crippen LogP contribution < -0.4 is 11.4 Å². The van der Waals surface area contributed by atoms with Crippen LogP contribution in [0.1, 0.15) is 6.23 Å². The van der Waals surface area contributed by atoms with Crippen molar-refractivity contribution in [1.29, 1.82) is 0 Å². The predicted molar refractivity (Wildman–Crippen MR) is 70.7 cm³/mol. The lowest BCUT2D eigenvalue weighted by Gasteiger charge is -2.28. The van der Waals surface area contributed by atoms with Gasteiger partial charge in [0.05, 0.1) is 6.61 Å². The largest absolute Gasteiger partial charge is 0.469 e. The predicted octanol–water partition coefficient (Wildman–Crippen LogP) is -0.832. The topological polar surface area (TPSA) is 157 Å². The number of aromatic nitrogens is 2. The minimum absolute atomic E-state index is 0.264. The van der Waals surface area contributed by atoms with E-state index >= 15 is 0 Å². The molecule has 2 rings (SSSR count). The van der Waals surface area contributed by atoms with Crippen molar-refractivity contribution in [3.05, 3.63) is 22.7 Å². The highest BCUT2D eigenvalue weighted by molar-refractivity contribution is 7.46. The molecule has 0 amide bonds. The number of alkyl halides is 3. The first-order valence-corrected chi connectivity index (χ1v) is 7.80. The lowest BCUT2D eigenvalue weighted by Crippen LogP contribution is -2.51. The molecule has 24 heavy (non-hydrogen) atoms. The molecule has 0 aromatic carbocycles. The summed E-state index contributed by atoms with van der Waals surface area (Å²) in [6.07, 6.45) is -4.53. The third-order valence-corrected chi connectivity index (χ3v) is 3.81. The molecule has 1 aliphatic heterocycles. The number of hydrogen-bond acceptors (Lipinski definition) is 7. The van der Waals surface area contributed by atoms with Gasteiger partial charge in [0.15, 0.2) is 11.7 Å². The van der Waals surface area contributed by atoms with Gasteiger partial charge in [0, 0.05) is 6.20 Å². The van der Waals surface area contributed by atoms with Gasteiger partial charge < -0.3 is 25.4 Å². The maximum atomic E-state index is 14.3. The Hall–Kier alpha value is -1.50. The molecular formula is C10H13F3N3O7P. The molecule has 0 aliphatic carbocycles. The Kier molecular flexibility index (Phi) is 4.78. The minimum Gasteiger partial charge on any atom is -0.383 e. The summed E-state index contributed by atoms with van der Waals surface area (Å²) in [6, 6.07) is 0.995. The van der Waals surface area contributed by atoms with Gasteiger partial charge in [0.25, 0.3) is 0 Å². The zero-order valence-corrected chi connectivity index (χ0v) is 12.6. The summed E-state index contributed by atoms with van der Waals surface area (Å²) in [5, 5.41) is 9.73. The normalized spacial score (nSPS) is 29.8. The fourth-order valence-electron chi connectivity index (χ4n) is 2.15. The Morgan fingerprint density at radius 2 is 2.12 bits per heavy atom. The lowest BCUT2D eigenvalue weighted by molar-refractivity contribution is -0.147. The summed E-state index contributed by atoms with van der Waals surface area (Å²) in [5.41, 5.74) is 1.18. The highest BCUT2D eigenvalue weighted by Gasteiger charge is 2.67. The second-order valence-electron chi connectivity index (χ2n) is 5.05. The average molecular weight is 375 g/mol. The zero-order chi connectivity index (χ0) is 18.3. The van der Waals surface area contributed by atoms with Gasteiger partial charge in [-0.25, -0.2) is 13.8 Å². The molecule has 1 fully saturated rings. The van der Waals surface area contributed by atoms with Crippen LogP contribution >= 0.6 is 7.82 Å². The summed E-state index contributed by atoms with van der Waals surface area (Å²) in [4.78, 5) is 32.1. The van der Waals surface area contributed by atoms with Crippen LogP contribution in [0.15, 0.2) is 17.1 Å². The number of hydrogen-bond donors (Lipinski definition) is 4. The Morgan fingerprint density at radius 1 is 1.50 bits per heavy atom. The van der Waals surface area contributed by atoms with Crippen LogP contribution in [0.2, 0.25) is 0 Å². The maximum Gasteiger partial charge on any atom is 0.469 e. The highest BCUT2D eigenvalue weighted by Crippen LogP contribution is 2.49. The molecule has 0 spiro atoms. The van der Waals surface area contributed by atoms with Crippen LogP contribution in [0.3, 0.4) is 0 Å². The molecule has 1 saturated heterocycles. The monoisotopic (exact) mass is 375 g/mol. The Balaban J connectivity index is 2.42. The number of nitrogen functional groups attached to an aromatic ring is 1. The van der Waals surface area contributed by atoms with Crippen LogP contribution in [-0.2, 0) is 13.8 Å². The number of ether oxygens (including phenoxy) is 1. The van der Waals surface area contributed by atoms with Crippen molar-refractivity contribution in [1.82, 2.24) is 9.55 Å². The third kappa shape index (κ3) is 3.31. The van der Waals surface area contributed by atoms with E-state index in [9.17, 15) is 27.6 Å². The zero-order valence-electron chi connectivity index (χ0n) is 11.8. The standard InChI is InChI=1S/C10H13F3N3O7P/c11-3-9(4-22-24(19,20)21)6(17)10(12,13)7(23-9)16-2-1-5(14)15-8(16)18/h1-2,6-7,17H,3-4H2,(H2,14,15,18)(H2,19,20,21)/t6-,7-,9-/m1/s1. The molecule has 3 atom stereocenters. The summed E-state index contributed by atoms with van der Waals surface area (Å²) in [5.74, 6) is -4.45. The first-order valence-electron chi connectivity index (χ1n) is 6.27. The first kappa shape index (κ1) is 18.8. The van der Waals surface area contributed by atoms with Crippen molar-refractivity contribution >= 4 is 13.6 Å². The van der Waals surface area contributed by atoms with Gasteiger partial charge in [0.2, 0.25) is 6.23 Å². The molecular weight excluding hydrogens is 362 g/mol. The van der Waals surface area contributed by atoms with E-state index < -0.39 is 50.6 Å².